The summed E-state index contributed by atoms with van der Waals surface area (Å²) in [4.78, 5) is 10.9. The first-order valence-electron chi connectivity index (χ1n) is 17.2. The molecular formula is C44H36N3O2Pt-. The van der Waals surface area contributed by atoms with Gasteiger partial charge in [-0.05, 0) is 58.7 Å². The number of hydrogen-bond acceptors (Lipinski definition) is 4. The minimum atomic E-state index is 0. The van der Waals surface area contributed by atoms with Crippen LogP contribution < -0.4 is 0 Å². The molecule has 0 amide bonds. The SMILES string of the molecule is CC(C)c1cccc(C(C)C)c1-n1cc(-c2nc3c(c4ccccc24)CCc2ccc[c-]c2-3)nc1-c1c(O)ccc2oc3ccccc3c12.[Pt]. The van der Waals surface area contributed by atoms with Gasteiger partial charge >= 0.3 is 0 Å². The number of para-hydroxylation sites is 2. The van der Waals surface area contributed by atoms with Crippen LogP contribution in [0.25, 0.3) is 72.4 Å². The Hall–Kier alpha value is -4.99. The van der Waals surface area contributed by atoms with Crippen LogP contribution in [0.1, 0.15) is 61.8 Å². The Balaban J connectivity index is 0.00000361. The van der Waals surface area contributed by atoms with Crippen LogP contribution in [-0.4, -0.2) is 19.6 Å². The Kier molecular flexibility index (Phi) is 8.00. The molecule has 0 spiro atoms. The van der Waals surface area contributed by atoms with E-state index in [1.54, 1.807) is 6.07 Å². The van der Waals surface area contributed by atoms with Crippen molar-refractivity contribution in [1.82, 2.24) is 14.5 Å². The molecule has 0 atom stereocenters. The molecule has 0 fully saturated rings. The van der Waals surface area contributed by atoms with Crippen molar-refractivity contribution in [2.45, 2.75) is 52.4 Å². The zero-order valence-corrected chi connectivity index (χ0v) is 30.7. The van der Waals surface area contributed by atoms with Crippen molar-refractivity contribution in [3.05, 3.63) is 132 Å². The molecule has 1 aliphatic rings. The average Bonchev–Trinajstić information content (AvgIpc) is 3.73. The van der Waals surface area contributed by atoms with Gasteiger partial charge in [0.25, 0.3) is 0 Å². The van der Waals surface area contributed by atoms with Crippen molar-refractivity contribution >= 4 is 32.7 Å². The van der Waals surface area contributed by atoms with Gasteiger partial charge in [-0.2, -0.15) is 0 Å². The van der Waals surface area contributed by atoms with Crippen LogP contribution in [-0.2, 0) is 33.9 Å². The summed E-state index contributed by atoms with van der Waals surface area (Å²) in [6.07, 6.45) is 4.02. The van der Waals surface area contributed by atoms with Crippen molar-refractivity contribution in [1.29, 1.82) is 0 Å². The van der Waals surface area contributed by atoms with Gasteiger partial charge < -0.3 is 9.52 Å². The molecular weight excluding hydrogens is 798 g/mol. The van der Waals surface area contributed by atoms with Gasteiger partial charge in [0.2, 0.25) is 0 Å². The van der Waals surface area contributed by atoms with Crippen LogP contribution >= 0.6 is 0 Å². The molecule has 0 aliphatic heterocycles. The summed E-state index contributed by atoms with van der Waals surface area (Å²) in [5, 5.41) is 15.8. The third kappa shape index (κ3) is 4.94. The van der Waals surface area contributed by atoms with E-state index in [1.165, 1.54) is 27.6 Å². The predicted molar refractivity (Wildman–Crippen MR) is 199 cm³/mol. The second kappa shape index (κ2) is 12.4. The van der Waals surface area contributed by atoms with Gasteiger partial charge in [-0.25, -0.2) is 4.98 Å². The second-order valence-electron chi connectivity index (χ2n) is 13.7. The summed E-state index contributed by atoms with van der Waals surface area (Å²) in [5.74, 6) is 1.30. The Bertz CT molecular complexity index is 2570. The maximum absolute atomic E-state index is 11.8. The molecule has 50 heavy (non-hydrogen) atoms. The number of hydrogen-bond donors (Lipinski definition) is 1. The third-order valence-corrected chi connectivity index (χ3v) is 10.1. The molecule has 0 saturated heterocycles. The van der Waals surface area contributed by atoms with E-state index in [-0.39, 0.29) is 38.7 Å². The summed E-state index contributed by atoms with van der Waals surface area (Å²) in [6.45, 7) is 8.92. The molecule has 3 aromatic heterocycles. The van der Waals surface area contributed by atoms with Gasteiger partial charge in [0.05, 0.1) is 16.9 Å². The Morgan fingerprint density at radius 1 is 0.720 bits per heavy atom. The van der Waals surface area contributed by atoms with Crippen LogP contribution in [0.5, 0.6) is 5.75 Å². The number of aromatic hydroxyl groups is 1. The van der Waals surface area contributed by atoms with Gasteiger partial charge in [0, 0.05) is 43.4 Å². The third-order valence-electron chi connectivity index (χ3n) is 10.1. The predicted octanol–water partition coefficient (Wildman–Crippen LogP) is 11.2. The number of pyridine rings is 1. The minimum Gasteiger partial charge on any atom is -0.507 e. The molecule has 3 heterocycles. The summed E-state index contributed by atoms with van der Waals surface area (Å²) in [7, 11) is 0. The zero-order chi connectivity index (χ0) is 33.4. The van der Waals surface area contributed by atoms with Crippen molar-refractivity contribution in [3.8, 4) is 45.5 Å². The number of nitrogens with zero attached hydrogens (tertiary/aromatic N) is 3. The number of furan rings is 1. The van der Waals surface area contributed by atoms with E-state index in [1.807, 2.05) is 36.4 Å². The van der Waals surface area contributed by atoms with Gasteiger partial charge in [-0.1, -0.05) is 100 Å². The number of imidazole rings is 1. The number of aryl methyl sites for hydroxylation is 2. The quantitative estimate of drug-likeness (QED) is 0.175. The van der Waals surface area contributed by atoms with E-state index in [9.17, 15) is 5.11 Å². The molecule has 0 saturated carbocycles. The van der Waals surface area contributed by atoms with Gasteiger partial charge in [-0.3, -0.25) is 9.55 Å². The molecule has 9 rings (SSSR count). The van der Waals surface area contributed by atoms with E-state index in [0.29, 0.717) is 17.0 Å². The van der Waals surface area contributed by atoms with Crippen LogP contribution in [0.15, 0.2) is 108 Å². The van der Waals surface area contributed by atoms with E-state index in [4.69, 9.17) is 14.4 Å². The number of benzene rings is 5. The monoisotopic (exact) mass is 833 g/mol. The zero-order valence-electron chi connectivity index (χ0n) is 28.4. The fourth-order valence-electron chi connectivity index (χ4n) is 7.80. The fraction of sp³-hybridized carbons (Fsp3) is 0.182. The van der Waals surface area contributed by atoms with Gasteiger partial charge in [0.15, 0.2) is 0 Å². The molecule has 0 radical (unpaired) electrons. The molecule has 1 N–H and O–H groups in total. The number of phenolic OH excluding ortho intramolecular Hbond substituents is 1. The van der Waals surface area contributed by atoms with Crippen molar-refractivity contribution in [2.75, 3.05) is 0 Å². The molecule has 0 bridgehead atoms. The van der Waals surface area contributed by atoms with Gasteiger partial charge in [-0.15, -0.1) is 35.4 Å². The number of fused-ring (bicyclic) bond motifs is 8. The maximum Gasteiger partial charge on any atom is 0.149 e. The van der Waals surface area contributed by atoms with Crippen LogP contribution in [0.3, 0.4) is 0 Å². The van der Waals surface area contributed by atoms with Gasteiger partial charge in [0.1, 0.15) is 28.4 Å². The number of aromatic nitrogens is 3. The maximum atomic E-state index is 11.8. The number of rotatable bonds is 5. The molecule has 5 aromatic carbocycles. The van der Waals surface area contributed by atoms with Crippen LogP contribution in [0.2, 0.25) is 0 Å². The molecule has 5 nitrogen and oxygen atoms in total. The first-order valence-corrected chi connectivity index (χ1v) is 17.2. The Morgan fingerprint density at radius 3 is 2.20 bits per heavy atom. The molecule has 6 heteroatoms. The first kappa shape index (κ1) is 32.2. The normalized spacial score (nSPS) is 12.5. The smallest absolute Gasteiger partial charge is 0.149 e. The summed E-state index contributed by atoms with van der Waals surface area (Å²) < 4.78 is 8.52. The van der Waals surface area contributed by atoms with E-state index in [0.717, 1.165) is 62.9 Å². The van der Waals surface area contributed by atoms with Crippen molar-refractivity contribution in [3.63, 3.8) is 0 Å². The molecule has 8 aromatic rings. The number of phenols is 1. The standard InChI is InChI=1S/C44H36N3O2.Pt/c1-25(2)28-17-11-18-29(26(3)4)43(28)47-24-35(45-44(47)40-36(48)22-23-38-39(40)34-16-9-10-19-37(34)49-38)42-32-15-8-7-14-31(32)33-21-20-27-12-5-6-13-30(27)41(33)46-42;/h5-12,14-19,22-26,48H,20-21H2,1-4H3;/q-1;. The summed E-state index contributed by atoms with van der Waals surface area (Å²) in [5.41, 5.74) is 11.8. The van der Waals surface area contributed by atoms with Crippen molar-refractivity contribution < 1.29 is 30.6 Å². The summed E-state index contributed by atoms with van der Waals surface area (Å²) in [6, 6.07) is 36.4. The van der Waals surface area contributed by atoms with Crippen LogP contribution in [0.4, 0.5) is 0 Å². The molecule has 0 unspecified atom stereocenters. The van der Waals surface area contributed by atoms with E-state index in [2.05, 4.69) is 99.1 Å². The molecule has 250 valence electrons. The van der Waals surface area contributed by atoms with E-state index < -0.39 is 0 Å². The molecule has 1 aliphatic carbocycles. The first-order chi connectivity index (χ1) is 23.9. The largest absolute Gasteiger partial charge is 0.507 e. The minimum absolute atomic E-state index is 0. The fourth-order valence-corrected chi connectivity index (χ4v) is 7.80. The van der Waals surface area contributed by atoms with E-state index >= 15 is 0 Å². The average molecular weight is 834 g/mol. The van der Waals surface area contributed by atoms with Crippen LogP contribution in [0, 0.1) is 6.07 Å². The topological polar surface area (TPSA) is 64.1 Å². The Morgan fingerprint density at radius 2 is 1.44 bits per heavy atom. The summed E-state index contributed by atoms with van der Waals surface area (Å²) >= 11 is 0. The Labute approximate surface area is 305 Å². The second-order valence-corrected chi connectivity index (χ2v) is 13.7. The van der Waals surface area contributed by atoms with Crippen molar-refractivity contribution in [2.24, 2.45) is 0 Å².